The van der Waals surface area contributed by atoms with Crippen LogP contribution in [0.1, 0.15) is 10.4 Å². The van der Waals surface area contributed by atoms with E-state index < -0.39 is 5.97 Å². The molecule has 0 aliphatic carbocycles. The first-order valence-electron chi connectivity index (χ1n) is 7.72. The van der Waals surface area contributed by atoms with Gasteiger partial charge in [0.15, 0.2) is 18.1 Å². The minimum absolute atomic E-state index is 0.125. The molecule has 1 amide bonds. The van der Waals surface area contributed by atoms with Crippen LogP contribution in [0.3, 0.4) is 0 Å². The van der Waals surface area contributed by atoms with Crippen LogP contribution in [-0.2, 0) is 9.53 Å². The second-order valence-electron chi connectivity index (χ2n) is 5.27. The number of hydrogen-bond acceptors (Lipinski definition) is 5. The lowest BCUT2D eigenvalue weighted by Gasteiger charge is -2.21. The molecule has 0 fully saturated rings. The van der Waals surface area contributed by atoms with Crippen molar-refractivity contribution < 1.29 is 23.8 Å². The Hall–Kier alpha value is -3.28. The first kappa shape index (κ1) is 16.6. The fourth-order valence-corrected chi connectivity index (χ4v) is 2.40. The summed E-state index contributed by atoms with van der Waals surface area (Å²) in [6, 6.07) is 13.9. The minimum atomic E-state index is -0.599. The van der Waals surface area contributed by atoms with E-state index in [1.807, 2.05) is 18.2 Å². The summed E-state index contributed by atoms with van der Waals surface area (Å²) < 4.78 is 15.6. The van der Waals surface area contributed by atoms with Gasteiger partial charge in [-0.2, -0.15) is 0 Å². The van der Waals surface area contributed by atoms with E-state index >= 15 is 0 Å². The van der Waals surface area contributed by atoms with Gasteiger partial charge in [0, 0.05) is 12.2 Å². The quantitative estimate of drug-likeness (QED) is 0.598. The lowest BCUT2D eigenvalue weighted by Crippen LogP contribution is -2.34. The number of fused-ring (bicyclic) bond motifs is 1. The van der Waals surface area contributed by atoms with Gasteiger partial charge in [-0.25, -0.2) is 4.79 Å². The van der Waals surface area contributed by atoms with Crippen molar-refractivity contribution in [1.82, 2.24) is 0 Å². The van der Waals surface area contributed by atoms with Crippen LogP contribution in [0.5, 0.6) is 11.5 Å². The zero-order valence-corrected chi connectivity index (χ0v) is 13.5. The molecule has 0 N–H and O–H groups in total. The fourth-order valence-electron chi connectivity index (χ4n) is 2.40. The average molecular weight is 339 g/mol. The predicted molar refractivity (Wildman–Crippen MR) is 91.8 cm³/mol. The van der Waals surface area contributed by atoms with Crippen LogP contribution >= 0.6 is 0 Å². The highest BCUT2D eigenvalue weighted by Gasteiger charge is 2.20. The number of para-hydroxylation sites is 1. The summed E-state index contributed by atoms with van der Waals surface area (Å²) in [6.45, 7) is 3.74. The maximum atomic E-state index is 12.4. The molecule has 0 aromatic heterocycles. The van der Waals surface area contributed by atoms with Gasteiger partial charge in [0.1, 0.15) is 0 Å². The molecule has 2 aromatic carbocycles. The van der Waals surface area contributed by atoms with Gasteiger partial charge in [-0.05, 0) is 30.3 Å². The number of carbonyl (C=O) groups excluding carboxylic acids is 2. The van der Waals surface area contributed by atoms with Crippen LogP contribution < -0.4 is 14.4 Å². The van der Waals surface area contributed by atoms with E-state index in [4.69, 9.17) is 14.2 Å². The highest BCUT2D eigenvalue weighted by Crippen LogP contribution is 2.32. The van der Waals surface area contributed by atoms with E-state index in [0.29, 0.717) is 29.3 Å². The number of esters is 1. The van der Waals surface area contributed by atoms with Gasteiger partial charge in [0.25, 0.3) is 5.91 Å². The smallest absolute Gasteiger partial charge is 0.338 e. The summed E-state index contributed by atoms with van der Waals surface area (Å²) in [6.07, 6.45) is 1.62. The first-order valence-corrected chi connectivity index (χ1v) is 7.72. The molecule has 6 heteroatoms. The third kappa shape index (κ3) is 3.80. The molecule has 0 radical (unpaired) electrons. The molecule has 3 rings (SSSR count). The summed E-state index contributed by atoms with van der Waals surface area (Å²) in [5, 5.41) is 0. The Kier molecular flexibility index (Phi) is 4.99. The molecule has 25 heavy (non-hydrogen) atoms. The van der Waals surface area contributed by atoms with Crippen molar-refractivity contribution in [3.8, 4) is 11.5 Å². The number of rotatable bonds is 6. The van der Waals surface area contributed by atoms with Gasteiger partial charge >= 0.3 is 5.97 Å². The number of hydrogen-bond donors (Lipinski definition) is 0. The van der Waals surface area contributed by atoms with E-state index in [1.165, 1.54) is 11.0 Å². The van der Waals surface area contributed by atoms with Gasteiger partial charge in [-0.15, -0.1) is 6.58 Å². The Bertz CT molecular complexity index is 788. The Morgan fingerprint density at radius 3 is 2.64 bits per heavy atom. The Morgan fingerprint density at radius 2 is 1.88 bits per heavy atom. The molecule has 0 atom stereocenters. The van der Waals surface area contributed by atoms with Crippen LogP contribution in [0.25, 0.3) is 0 Å². The standard InChI is InChI=1S/C19H17NO5/c1-2-10-20(15-6-4-3-5-7-15)18(21)12-23-19(22)14-8-9-16-17(11-14)25-13-24-16/h2-9,11H,1,10,12-13H2. The highest BCUT2D eigenvalue weighted by atomic mass is 16.7. The van der Waals surface area contributed by atoms with Crippen LogP contribution in [0.4, 0.5) is 5.69 Å². The van der Waals surface area contributed by atoms with Gasteiger partial charge in [0.2, 0.25) is 6.79 Å². The van der Waals surface area contributed by atoms with Crippen LogP contribution in [0, 0.1) is 0 Å². The van der Waals surface area contributed by atoms with Crippen molar-refractivity contribution in [3.63, 3.8) is 0 Å². The molecule has 0 saturated carbocycles. The largest absolute Gasteiger partial charge is 0.454 e. The number of amides is 1. The van der Waals surface area contributed by atoms with Crippen molar-refractivity contribution >= 4 is 17.6 Å². The summed E-state index contributed by atoms with van der Waals surface area (Å²) in [5.41, 5.74) is 1.01. The third-order valence-electron chi connectivity index (χ3n) is 3.62. The van der Waals surface area contributed by atoms with Crippen molar-refractivity contribution in [2.45, 2.75) is 0 Å². The number of carbonyl (C=O) groups is 2. The van der Waals surface area contributed by atoms with Gasteiger partial charge < -0.3 is 19.1 Å². The number of anilines is 1. The number of benzene rings is 2. The third-order valence-corrected chi connectivity index (χ3v) is 3.62. The molecule has 0 spiro atoms. The lowest BCUT2D eigenvalue weighted by atomic mass is 10.2. The van der Waals surface area contributed by atoms with Crippen LogP contribution in [0.15, 0.2) is 61.2 Å². The first-order chi connectivity index (χ1) is 12.2. The molecule has 0 saturated heterocycles. The van der Waals surface area contributed by atoms with E-state index in [9.17, 15) is 9.59 Å². The topological polar surface area (TPSA) is 65.1 Å². The normalized spacial score (nSPS) is 11.7. The molecule has 128 valence electrons. The molecule has 1 aliphatic heterocycles. The maximum absolute atomic E-state index is 12.4. The fraction of sp³-hybridized carbons (Fsp3) is 0.158. The molecule has 0 bridgehead atoms. The second-order valence-corrected chi connectivity index (χ2v) is 5.27. The van der Waals surface area contributed by atoms with E-state index in [0.717, 1.165) is 0 Å². The molecule has 0 unspecified atom stereocenters. The van der Waals surface area contributed by atoms with Crippen LogP contribution in [-0.4, -0.2) is 31.8 Å². The highest BCUT2D eigenvalue weighted by molar-refractivity contribution is 5.97. The summed E-state index contributed by atoms with van der Waals surface area (Å²) in [4.78, 5) is 26.1. The van der Waals surface area contributed by atoms with E-state index in [-0.39, 0.29) is 19.3 Å². The Balaban J connectivity index is 1.64. The van der Waals surface area contributed by atoms with Gasteiger partial charge in [-0.3, -0.25) is 4.79 Å². The molecule has 6 nitrogen and oxygen atoms in total. The molecule has 1 aliphatic rings. The van der Waals surface area contributed by atoms with Crippen molar-refractivity contribution in [1.29, 1.82) is 0 Å². The second kappa shape index (κ2) is 7.53. The van der Waals surface area contributed by atoms with Crippen LogP contribution in [0.2, 0.25) is 0 Å². The monoisotopic (exact) mass is 339 g/mol. The summed E-state index contributed by atoms with van der Waals surface area (Å²) in [7, 11) is 0. The molecule has 2 aromatic rings. The lowest BCUT2D eigenvalue weighted by molar-refractivity contribution is -0.121. The van der Waals surface area contributed by atoms with E-state index in [1.54, 1.807) is 30.3 Å². The van der Waals surface area contributed by atoms with Crippen molar-refractivity contribution in [2.24, 2.45) is 0 Å². The van der Waals surface area contributed by atoms with E-state index in [2.05, 4.69) is 6.58 Å². The van der Waals surface area contributed by atoms with Gasteiger partial charge in [-0.1, -0.05) is 24.3 Å². The Morgan fingerprint density at radius 1 is 1.12 bits per heavy atom. The minimum Gasteiger partial charge on any atom is -0.454 e. The molecular formula is C19H17NO5. The summed E-state index contributed by atoms with van der Waals surface area (Å²) in [5.74, 6) is 0.130. The number of nitrogens with zero attached hydrogens (tertiary/aromatic N) is 1. The zero-order chi connectivity index (χ0) is 17.6. The molecular weight excluding hydrogens is 322 g/mol. The SMILES string of the molecule is C=CCN(C(=O)COC(=O)c1ccc2c(c1)OCO2)c1ccccc1. The maximum Gasteiger partial charge on any atom is 0.338 e. The summed E-state index contributed by atoms with van der Waals surface area (Å²) >= 11 is 0. The Labute approximate surface area is 145 Å². The predicted octanol–water partition coefficient (Wildman–Crippen LogP) is 2.79. The number of ether oxygens (including phenoxy) is 3. The van der Waals surface area contributed by atoms with Crippen molar-refractivity contribution in [3.05, 3.63) is 66.7 Å². The average Bonchev–Trinajstić information content (AvgIpc) is 3.12. The van der Waals surface area contributed by atoms with Gasteiger partial charge in [0.05, 0.1) is 5.56 Å². The molecule has 1 heterocycles. The van der Waals surface area contributed by atoms with Crippen molar-refractivity contribution in [2.75, 3.05) is 24.8 Å². The zero-order valence-electron chi connectivity index (χ0n) is 13.5.